The summed E-state index contributed by atoms with van der Waals surface area (Å²) in [5.41, 5.74) is 0. The van der Waals surface area contributed by atoms with Crippen LogP contribution in [0.4, 0.5) is 0 Å². The van der Waals surface area contributed by atoms with Gasteiger partial charge in [-0.3, -0.25) is 0 Å². The highest BCUT2D eigenvalue weighted by atomic mass is 35.5. The fourth-order valence-corrected chi connectivity index (χ4v) is 0.625. The van der Waals surface area contributed by atoms with Gasteiger partial charge in [0.05, 0.1) is 0 Å². The van der Waals surface area contributed by atoms with Gasteiger partial charge in [0.2, 0.25) is 0 Å². The third kappa shape index (κ3) is 4.10. The van der Waals surface area contributed by atoms with Crippen molar-refractivity contribution in [2.75, 3.05) is 19.5 Å². The largest absolute Gasteiger partial charge is 0.317 e. The van der Waals surface area contributed by atoms with Gasteiger partial charge in [-0.25, -0.2) is 0 Å². The topological polar surface area (TPSA) is 12.0 Å². The second-order valence-electron chi connectivity index (χ2n) is 1.46. The summed E-state index contributed by atoms with van der Waals surface area (Å²) in [6.07, 6.45) is 4.25. The molecule has 7 heavy (non-hydrogen) atoms. The summed E-state index contributed by atoms with van der Waals surface area (Å²) < 4.78 is 0. The van der Waals surface area contributed by atoms with Crippen molar-refractivity contribution in [1.82, 2.24) is 5.32 Å². The first kappa shape index (κ1) is 7.25. The molecule has 0 aromatic carbocycles. The van der Waals surface area contributed by atoms with Gasteiger partial charge in [-0.1, -0.05) is 0 Å². The lowest BCUT2D eigenvalue weighted by Gasteiger charge is -1.76. The smallest absolute Gasteiger partial charge is 0.0108 e. The number of alkyl halides is 1. The molecule has 0 aromatic rings. The zero-order valence-corrected chi connectivity index (χ0v) is 5.46. The summed E-state index contributed by atoms with van der Waals surface area (Å²) in [5, 5.41) is 3.22. The first-order valence-corrected chi connectivity index (χ1v) is 3.34. The van der Waals surface area contributed by atoms with Crippen molar-refractivity contribution in [1.29, 1.82) is 0 Å². The first-order valence-electron chi connectivity index (χ1n) is 2.59. The van der Waals surface area contributed by atoms with Crippen LogP contribution < -0.4 is 5.32 Å². The monoisotopic (exact) mass is 121 g/mol. The van der Waals surface area contributed by atoms with Crippen LogP contribution in [0, 0.1) is 0 Å². The van der Waals surface area contributed by atoms with Gasteiger partial charge < -0.3 is 5.32 Å². The summed E-state index contributed by atoms with van der Waals surface area (Å²) in [4.78, 5) is 0. The number of nitrogens with one attached hydrogen (secondary N) is 1. The Kier molecular flexibility index (Phi) is 6.47. The molecule has 1 aliphatic heterocycles. The lowest BCUT2D eigenvalue weighted by atomic mass is 10.4. The number of hydrogen-bond donors (Lipinski definition) is 1. The molecule has 1 fully saturated rings. The molecule has 0 unspecified atom stereocenters. The number of hydrogen-bond acceptors (Lipinski definition) is 1. The normalized spacial score (nSPS) is 18.0. The van der Waals surface area contributed by atoms with E-state index in [1.807, 2.05) is 0 Å². The zero-order chi connectivity index (χ0) is 5.54. The maximum absolute atomic E-state index is 4.64. The minimum absolute atomic E-state index is 1.25. The van der Waals surface area contributed by atoms with Crippen molar-refractivity contribution in [3.63, 3.8) is 0 Å². The highest BCUT2D eigenvalue weighted by Gasteiger charge is 1.93. The molecule has 1 saturated heterocycles. The Hall–Kier alpha value is 0.250. The van der Waals surface area contributed by atoms with Gasteiger partial charge in [-0.2, -0.15) is 0 Å². The second kappa shape index (κ2) is 6.25. The maximum Gasteiger partial charge on any atom is 0.0108 e. The van der Waals surface area contributed by atoms with Gasteiger partial charge >= 0.3 is 0 Å². The van der Waals surface area contributed by atoms with Crippen molar-refractivity contribution in [3.05, 3.63) is 0 Å². The molecular weight excluding hydrogens is 110 g/mol. The van der Waals surface area contributed by atoms with Crippen LogP contribution >= 0.6 is 11.6 Å². The van der Waals surface area contributed by atoms with E-state index in [4.69, 9.17) is 0 Å². The van der Waals surface area contributed by atoms with E-state index in [-0.39, 0.29) is 0 Å². The van der Waals surface area contributed by atoms with E-state index in [0.717, 1.165) is 0 Å². The third-order valence-electron chi connectivity index (χ3n) is 0.957. The van der Waals surface area contributed by atoms with Crippen LogP contribution in [-0.2, 0) is 0 Å². The summed E-state index contributed by atoms with van der Waals surface area (Å²) in [6.45, 7) is 2.50. The van der Waals surface area contributed by atoms with Crippen LogP contribution in [0.3, 0.4) is 0 Å². The predicted molar refractivity (Wildman–Crippen MR) is 33.9 cm³/mol. The Labute approximate surface area is 50.1 Å². The molecule has 1 nitrogen and oxygen atoms in total. The molecule has 0 amide bonds. The fourth-order valence-electron chi connectivity index (χ4n) is 0.625. The Morgan fingerprint density at radius 1 is 1.14 bits per heavy atom. The van der Waals surface area contributed by atoms with Gasteiger partial charge in [0, 0.05) is 6.38 Å². The molecule has 0 bridgehead atoms. The number of rotatable bonds is 0. The SMILES string of the molecule is C1CCNC1.CCl. The average molecular weight is 122 g/mol. The molecule has 0 spiro atoms. The minimum atomic E-state index is 1.25. The van der Waals surface area contributed by atoms with Crippen LogP contribution in [0.2, 0.25) is 0 Å². The first-order chi connectivity index (χ1) is 3.50. The fraction of sp³-hybridized carbons (Fsp3) is 1.00. The third-order valence-corrected chi connectivity index (χ3v) is 0.957. The van der Waals surface area contributed by atoms with Crippen molar-refractivity contribution >= 4 is 11.6 Å². The van der Waals surface area contributed by atoms with E-state index in [2.05, 4.69) is 16.9 Å². The van der Waals surface area contributed by atoms with Crippen LogP contribution in [0.25, 0.3) is 0 Å². The maximum atomic E-state index is 4.64. The Morgan fingerprint density at radius 2 is 1.57 bits per heavy atom. The Morgan fingerprint density at radius 3 is 1.71 bits per heavy atom. The quantitative estimate of drug-likeness (QED) is 0.476. The van der Waals surface area contributed by atoms with E-state index in [9.17, 15) is 0 Å². The molecule has 0 radical (unpaired) electrons. The summed E-state index contributed by atoms with van der Waals surface area (Å²) in [5.74, 6) is 0. The molecule has 0 saturated carbocycles. The van der Waals surface area contributed by atoms with Gasteiger partial charge in [0.15, 0.2) is 0 Å². The van der Waals surface area contributed by atoms with E-state index in [0.29, 0.717) is 0 Å². The standard InChI is InChI=1S/C4H9N.CH3Cl/c1-2-4-5-3-1;1-2/h5H,1-4H2;1H3. The molecule has 0 aliphatic carbocycles. The molecule has 0 atom stereocenters. The molecule has 1 heterocycles. The Balaban J connectivity index is 0.000000162. The number of halogens is 1. The lowest BCUT2D eigenvalue weighted by Crippen LogP contribution is -2.03. The highest BCUT2D eigenvalue weighted by Crippen LogP contribution is 1.90. The molecule has 0 aromatic heterocycles. The molecule has 1 N–H and O–H groups in total. The van der Waals surface area contributed by atoms with E-state index in [1.54, 1.807) is 0 Å². The second-order valence-corrected chi connectivity index (χ2v) is 1.46. The zero-order valence-electron chi connectivity index (χ0n) is 4.71. The van der Waals surface area contributed by atoms with Crippen LogP contribution in [0.1, 0.15) is 12.8 Å². The molecule has 1 rings (SSSR count). The van der Waals surface area contributed by atoms with Crippen LogP contribution in [0.15, 0.2) is 0 Å². The van der Waals surface area contributed by atoms with Crippen molar-refractivity contribution in [3.8, 4) is 0 Å². The molecule has 2 heteroatoms. The van der Waals surface area contributed by atoms with E-state index >= 15 is 0 Å². The molecule has 44 valence electrons. The summed E-state index contributed by atoms with van der Waals surface area (Å²) >= 11 is 4.64. The average Bonchev–Trinajstić information content (AvgIpc) is 2.23. The van der Waals surface area contributed by atoms with Crippen molar-refractivity contribution in [2.24, 2.45) is 0 Å². The van der Waals surface area contributed by atoms with Gasteiger partial charge in [0.25, 0.3) is 0 Å². The van der Waals surface area contributed by atoms with Crippen LogP contribution in [0.5, 0.6) is 0 Å². The van der Waals surface area contributed by atoms with E-state index < -0.39 is 0 Å². The van der Waals surface area contributed by atoms with E-state index in [1.165, 1.54) is 32.3 Å². The van der Waals surface area contributed by atoms with Gasteiger partial charge in [-0.15, -0.1) is 11.6 Å². The predicted octanol–water partition coefficient (Wildman–Crippen LogP) is 1.22. The van der Waals surface area contributed by atoms with Gasteiger partial charge in [0.1, 0.15) is 0 Å². The Bertz CT molecular complexity index is 19.7. The van der Waals surface area contributed by atoms with Gasteiger partial charge in [-0.05, 0) is 25.9 Å². The summed E-state index contributed by atoms with van der Waals surface area (Å²) in [7, 11) is 0. The van der Waals surface area contributed by atoms with Crippen LogP contribution in [-0.4, -0.2) is 19.5 Å². The molecule has 1 aliphatic rings. The van der Waals surface area contributed by atoms with Crippen molar-refractivity contribution < 1.29 is 0 Å². The minimum Gasteiger partial charge on any atom is -0.317 e. The van der Waals surface area contributed by atoms with Crippen molar-refractivity contribution in [2.45, 2.75) is 12.8 Å². The summed E-state index contributed by atoms with van der Waals surface area (Å²) in [6, 6.07) is 0. The molecular formula is C5H12ClN. The highest BCUT2D eigenvalue weighted by molar-refractivity contribution is 6.15. The lowest BCUT2D eigenvalue weighted by molar-refractivity contribution is 0.857.